The minimum absolute atomic E-state index is 0.0397. The first-order valence-corrected chi connectivity index (χ1v) is 30.6. The standard InChI is InChI=1S/C65H108O12/c1-4-7-10-13-16-19-22-25-27-28-29-30-32-34-36-39-42-45-48-51-57(66)73-54-56(75-58(67)52-49-46-43-40-37-33-24-21-18-15-12-9-6-3)55-74-65-63(61(70)60(69)62(77-65)64(71)72)76-59(68)53-50-47-44-41-38-35-31-26-23-20-17-14-11-8-5-2/h7,10,16-17,19-21,24-27,29-31,56,60-63,65,69-70H,4-6,8-9,11-15,18,22-23,28,32-55H2,1-3H3,(H,71,72)/b10-7-,19-16-,20-17-,24-21-,27-25-,30-29-,31-26-. The van der Waals surface area contributed by atoms with Gasteiger partial charge in [-0.1, -0.05) is 202 Å². The van der Waals surface area contributed by atoms with E-state index in [-0.39, 0.29) is 25.9 Å². The number of ether oxygens (including phenoxy) is 5. The number of carboxylic acids is 1. The van der Waals surface area contributed by atoms with Gasteiger partial charge in [0.05, 0.1) is 6.61 Å². The Labute approximate surface area is 467 Å². The Morgan fingerprint density at radius 3 is 1.29 bits per heavy atom. The lowest BCUT2D eigenvalue weighted by molar-refractivity contribution is -0.301. The molecule has 0 aromatic heterocycles. The van der Waals surface area contributed by atoms with Gasteiger partial charge in [0.1, 0.15) is 18.8 Å². The van der Waals surface area contributed by atoms with Gasteiger partial charge in [0, 0.05) is 19.3 Å². The van der Waals surface area contributed by atoms with E-state index in [0.717, 1.165) is 148 Å². The van der Waals surface area contributed by atoms with E-state index in [1.54, 1.807) is 0 Å². The molecule has 12 heteroatoms. The molecule has 0 bridgehead atoms. The first-order valence-electron chi connectivity index (χ1n) is 30.6. The van der Waals surface area contributed by atoms with Gasteiger partial charge < -0.3 is 39.0 Å². The molecule has 0 aliphatic carbocycles. The molecular formula is C65H108O12. The highest BCUT2D eigenvalue weighted by Gasteiger charge is 2.50. The summed E-state index contributed by atoms with van der Waals surface area (Å²) in [6, 6.07) is 0. The van der Waals surface area contributed by atoms with Crippen molar-refractivity contribution in [3.63, 3.8) is 0 Å². The number of esters is 3. The van der Waals surface area contributed by atoms with Crippen LogP contribution in [0.1, 0.15) is 252 Å². The van der Waals surface area contributed by atoms with E-state index in [0.29, 0.717) is 19.3 Å². The normalized spacial score (nSPS) is 18.6. The zero-order valence-electron chi connectivity index (χ0n) is 48.4. The molecule has 0 aromatic carbocycles. The number of unbranched alkanes of at least 4 members (excludes halogenated alkanes) is 23. The summed E-state index contributed by atoms with van der Waals surface area (Å²) in [4.78, 5) is 51.2. The van der Waals surface area contributed by atoms with Crippen LogP contribution in [-0.4, -0.2) is 89.2 Å². The van der Waals surface area contributed by atoms with Gasteiger partial charge in [0.2, 0.25) is 0 Å². The zero-order valence-corrected chi connectivity index (χ0v) is 48.4. The molecule has 1 aliphatic heterocycles. The molecule has 0 radical (unpaired) electrons. The number of allylic oxidation sites excluding steroid dienone is 14. The van der Waals surface area contributed by atoms with Gasteiger partial charge in [-0.15, -0.1) is 0 Å². The van der Waals surface area contributed by atoms with Crippen LogP contribution in [0.3, 0.4) is 0 Å². The van der Waals surface area contributed by atoms with E-state index < -0.39 is 67.3 Å². The molecule has 0 saturated carbocycles. The molecule has 1 heterocycles. The van der Waals surface area contributed by atoms with Crippen LogP contribution in [0.25, 0.3) is 0 Å². The van der Waals surface area contributed by atoms with Crippen molar-refractivity contribution in [3.8, 4) is 0 Å². The maximum absolute atomic E-state index is 13.1. The van der Waals surface area contributed by atoms with Crippen LogP contribution in [0.2, 0.25) is 0 Å². The van der Waals surface area contributed by atoms with Gasteiger partial charge in [0.25, 0.3) is 0 Å². The number of aliphatic carboxylic acids is 1. The van der Waals surface area contributed by atoms with Gasteiger partial charge in [0.15, 0.2) is 24.6 Å². The van der Waals surface area contributed by atoms with Crippen molar-refractivity contribution < 1.29 is 58.2 Å². The van der Waals surface area contributed by atoms with Gasteiger partial charge in [-0.3, -0.25) is 14.4 Å². The summed E-state index contributed by atoms with van der Waals surface area (Å²) in [6.45, 7) is 5.82. The molecule has 6 atom stereocenters. The summed E-state index contributed by atoms with van der Waals surface area (Å²) in [5.41, 5.74) is 0. The van der Waals surface area contributed by atoms with E-state index >= 15 is 0 Å². The molecule has 1 rings (SSSR count). The Hall–Kier alpha value is -4.10. The van der Waals surface area contributed by atoms with Crippen LogP contribution in [0.15, 0.2) is 85.1 Å². The SMILES string of the molecule is CC/C=C\C/C=C\C/C=C\C/C=C\CCCCCCCCC(=O)OCC(COC1OC(C(=O)O)C(O)C(O)C1OC(=O)CCCCCCC/C=C\C/C=C\CCCCC)OC(=O)CCCCCCC/C=C\CCCCCC. The highest BCUT2D eigenvalue weighted by Crippen LogP contribution is 2.26. The van der Waals surface area contributed by atoms with Crippen molar-refractivity contribution in [1.29, 1.82) is 0 Å². The average molecular weight is 1080 g/mol. The number of rotatable bonds is 51. The minimum atomic E-state index is -1.91. The fourth-order valence-electron chi connectivity index (χ4n) is 8.74. The Morgan fingerprint density at radius 2 is 0.818 bits per heavy atom. The highest BCUT2D eigenvalue weighted by molar-refractivity contribution is 5.74. The second-order valence-electron chi connectivity index (χ2n) is 20.6. The first kappa shape index (κ1) is 70.9. The second kappa shape index (κ2) is 52.6. The quantitative estimate of drug-likeness (QED) is 0.0228. The van der Waals surface area contributed by atoms with Crippen molar-refractivity contribution in [3.05, 3.63) is 85.1 Å². The molecule has 1 saturated heterocycles. The molecule has 77 heavy (non-hydrogen) atoms. The summed E-state index contributed by atoms with van der Waals surface area (Å²) in [5, 5.41) is 31.5. The molecule has 0 amide bonds. The highest BCUT2D eigenvalue weighted by atomic mass is 16.7. The topological polar surface area (TPSA) is 175 Å². The van der Waals surface area contributed by atoms with Gasteiger partial charge in [-0.25, -0.2) is 4.79 Å². The third kappa shape index (κ3) is 42.5. The summed E-state index contributed by atoms with van der Waals surface area (Å²) >= 11 is 0. The second-order valence-corrected chi connectivity index (χ2v) is 20.6. The predicted molar refractivity (Wildman–Crippen MR) is 312 cm³/mol. The largest absolute Gasteiger partial charge is 0.479 e. The summed E-state index contributed by atoms with van der Waals surface area (Å²) in [6.07, 6.45) is 55.4. The molecule has 3 N–H and O–H groups in total. The average Bonchev–Trinajstić information content (AvgIpc) is 3.42. The number of carbonyl (C=O) groups is 4. The number of aliphatic hydroxyl groups is 2. The van der Waals surface area contributed by atoms with Crippen molar-refractivity contribution in [2.24, 2.45) is 0 Å². The van der Waals surface area contributed by atoms with Crippen molar-refractivity contribution in [2.45, 2.75) is 289 Å². The molecule has 1 aliphatic rings. The molecule has 1 fully saturated rings. The number of hydrogen-bond acceptors (Lipinski definition) is 11. The smallest absolute Gasteiger partial charge is 0.335 e. The summed E-state index contributed by atoms with van der Waals surface area (Å²) in [5.74, 6) is -3.17. The Kier molecular flexibility index (Phi) is 48.4. The number of carboxylic acid groups (broad SMARTS) is 1. The molecular weight excluding hydrogens is 973 g/mol. The third-order valence-corrected chi connectivity index (χ3v) is 13.4. The van der Waals surface area contributed by atoms with E-state index in [1.807, 2.05) is 0 Å². The Bertz CT molecular complexity index is 1660. The molecule has 6 unspecified atom stereocenters. The van der Waals surface area contributed by atoms with Gasteiger partial charge in [-0.05, 0) is 116 Å². The number of hydrogen-bond donors (Lipinski definition) is 3. The zero-order chi connectivity index (χ0) is 56.1. The van der Waals surface area contributed by atoms with Crippen LogP contribution < -0.4 is 0 Å². The van der Waals surface area contributed by atoms with E-state index in [4.69, 9.17) is 23.7 Å². The lowest BCUT2D eigenvalue weighted by atomic mass is 9.98. The number of carbonyl (C=O) groups excluding carboxylic acids is 3. The van der Waals surface area contributed by atoms with E-state index in [1.165, 1.54) is 44.9 Å². The lowest BCUT2D eigenvalue weighted by Crippen LogP contribution is -2.61. The lowest BCUT2D eigenvalue weighted by Gasteiger charge is -2.40. The van der Waals surface area contributed by atoms with Gasteiger partial charge >= 0.3 is 23.9 Å². The Morgan fingerprint density at radius 1 is 0.442 bits per heavy atom. The fourth-order valence-corrected chi connectivity index (χ4v) is 8.74. The number of aliphatic hydroxyl groups excluding tert-OH is 2. The van der Waals surface area contributed by atoms with Crippen LogP contribution in [0.4, 0.5) is 0 Å². The van der Waals surface area contributed by atoms with E-state index in [9.17, 15) is 34.5 Å². The van der Waals surface area contributed by atoms with Crippen molar-refractivity contribution in [1.82, 2.24) is 0 Å². The first-order chi connectivity index (χ1) is 37.6. The van der Waals surface area contributed by atoms with Crippen molar-refractivity contribution in [2.75, 3.05) is 13.2 Å². The summed E-state index contributed by atoms with van der Waals surface area (Å²) in [7, 11) is 0. The Balaban J connectivity index is 2.69. The minimum Gasteiger partial charge on any atom is -0.479 e. The molecule has 12 nitrogen and oxygen atoms in total. The predicted octanol–water partition coefficient (Wildman–Crippen LogP) is 15.9. The molecule has 0 aromatic rings. The van der Waals surface area contributed by atoms with Crippen LogP contribution in [0, 0.1) is 0 Å². The van der Waals surface area contributed by atoms with Crippen LogP contribution >= 0.6 is 0 Å². The van der Waals surface area contributed by atoms with Crippen LogP contribution in [0.5, 0.6) is 0 Å². The third-order valence-electron chi connectivity index (χ3n) is 13.4. The van der Waals surface area contributed by atoms with Crippen molar-refractivity contribution >= 4 is 23.9 Å². The maximum Gasteiger partial charge on any atom is 0.335 e. The fraction of sp³-hybridized carbons (Fsp3) is 0.723. The monoisotopic (exact) mass is 1080 g/mol. The molecule has 0 spiro atoms. The molecule has 440 valence electrons. The van der Waals surface area contributed by atoms with Crippen LogP contribution in [-0.2, 0) is 42.9 Å². The maximum atomic E-state index is 13.1. The van der Waals surface area contributed by atoms with Gasteiger partial charge in [-0.2, -0.15) is 0 Å². The van der Waals surface area contributed by atoms with E-state index in [2.05, 4.69) is 106 Å². The summed E-state index contributed by atoms with van der Waals surface area (Å²) < 4.78 is 28.4.